The molecular weight excluding hydrogens is 229 g/mol. The smallest absolute Gasteiger partial charge is 0.784 e. The first-order valence-corrected chi connectivity index (χ1v) is 2.05. The van der Waals surface area contributed by atoms with Crippen LogP contribution in [0.15, 0.2) is 0 Å². The van der Waals surface area contributed by atoms with E-state index < -0.39 is 16.4 Å². The predicted octanol–water partition coefficient (Wildman–Crippen LogP) is -4.24. The van der Waals surface area contributed by atoms with E-state index >= 15 is 0 Å². The van der Waals surface area contributed by atoms with Gasteiger partial charge in [0.1, 0.15) is 0 Å². The second kappa shape index (κ2) is 16.4. The first-order valence-electron chi connectivity index (χ1n) is 1.05. The van der Waals surface area contributed by atoms with Crippen LogP contribution in [0.4, 0.5) is 0 Å². The van der Waals surface area contributed by atoms with Crippen LogP contribution < -0.4 is 29.6 Å². The minimum atomic E-state index is -3.11. The van der Waals surface area contributed by atoms with Gasteiger partial charge in [-0.15, -0.1) is 11.4 Å². The third-order valence-corrected chi connectivity index (χ3v) is 0. The van der Waals surface area contributed by atoms with Crippen molar-refractivity contribution >= 4 is 11.4 Å². The van der Waals surface area contributed by atoms with Gasteiger partial charge in [0.05, 0.1) is 5.09 Å². The minimum absolute atomic E-state index is 0. The Bertz CT molecular complexity index is 75.7. The van der Waals surface area contributed by atoms with E-state index in [1.807, 2.05) is 0 Å². The summed E-state index contributed by atoms with van der Waals surface area (Å²) in [5.74, 6) is 0. The topological polar surface area (TPSA) is 129 Å². The van der Waals surface area contributed by atoms with Crippen molar-refractivity contribution in [2.24, 2.45) is 0 Å². The van der Waals surface area contributed by atoms with Crippen LogP contribution in [0.2, 0.25) is 0 Å². The summed E-state index contributed by atoms with van der Waals surface area (Å²) >= 11 is -3.11. The van der Waals surface area contributed by atoms with E-state index in [9.17, 15) is 0 Å². The molecule has 59 valence electrons. The van der Waals surface area contributed by atoms with Gasteiger partial charge >= 0.3 is 46.6 Å². The van der Waals surface area contributed by atoms with E-state index in [2.05, 4.69) is 0 Å². The summed E-state index contributed by atoms with van der Waals surface area (Å²) in [4.78, 5) is 8.25. The van der Waals surface area contributed by atoms with Crippen molar-refractivity contribution in [3.05, 3.63) is 15.3 Å². The number of nitrogens with zero attached hydrogens (tertiary/aromatic N) is 1. The molecule has 0 aromatic carbocycles. The molecule has 7 nitrogen and oxygen atoms in total. The molecule has 0 atom stereocenters. The SMILES string of the molecule is O=S([O-])[O-].O=[N+]([O-])[O-].[Cu+2].[Na+]. The van der Waals surface area contributed by atoms with Crippen LogP contribution in [0.25, 0.3) is 0 Å². The minimum Gasteiger partial charge on any atom is -0.784 e. The monoisotopic (exact) mass is 228 g/mol. The van der Waals surface area contributed by atoms with Crippen molar-refractivity contribution in [3.8, 4) is 0 Å². The van der Waals surface area contributed by atoms with Crippen molar-refractivity contribution in [3.63, 3.8) is 0 Å². The molecule has 10 heavy (non-hydrogen) atoms. The summed E-state index contributed by atoms with van der Waals surface area (Å²) in [5, 5.41) is 14.8. The molecule has 0 aliphatic heterocycles. The zero-order chi connectivity index (χ0) is 7.15. The summed E-state index contributed by atoms with van der Waals surface area (Å²) in [6.45, 7) is 0. The normalized spacial score (nSPS) is 5.90. The van der Waals surface area contributed by atoms with Gasteiger partial charge in [-0.2, -0.15) is 0 Å². The van der Waals surface area contributed by atoms with Crippen molar-refractivity contribution in [1.29, 1.82) is 0 Å². The fourth-order valence-electron chi connectivity index (χ4n) is 0. The Labute approximate surface area is 91.2 Å². The van der Waals surface area contributed by atoms with Crippen LogP contribution in [0.5, 0.6) is 0 Å². The standard InChI is InChI=1S/Cu.NO3.Na.H2O3S/c;2-1(3)4;;1-4(2)3/h;;;(H2,1,2,3)/q+2;-1;+1;/p-2. The average molecular weight is 229 g/mol. The maximum Gasteiger partial charge on any atom is 2.00 e. The van der Waals surface area contributed by atoms with Gasteiger partial charge in [0, 0.05) is 0 Å². The molecule has 0 unspecified atom stereocenters. The molecule has 0 fully saturated rings. The van der Waals surface area contributed by atoms with Gasteiger partial charge in [-0.1, -0.05) is 0 Å². The molecule has 0 rings (SSSR count). The Morgan fingerprint density at radius 2 is 1.20 bits per heavy atom. The van der Waals surface area contributed by atoms with Gasteiger partial charge in [-0.3, -0.25) is 4.21 Å². The molecule has 1 radical (unpaired) electrons. The molecule has 0 saturated carbocycles. The molecule has 0 aliphatic rings. The molecule has 0 amide bonds. The van der Waals surface area contributed by atoms with E-state index in [0.29, 0.717) is 0 Å². The van der Waals surface area contributed by atoms with Crippen LogP contribution in [0.3, 0.4) is 0 Å². The first kappa shape index (κ1) is 22.4. The quantitative estimate of drug-likeness (QED) is 0.179. The number of hydrogen-bond donors (Lipinski definition) is 0. The van der Waals surface area contributed by atoms with Gasteiger partial charge in [0.15, 0.2) is 0 Å². The average Bonchev–Trinajstić information content (AvgIpc) is 1.25. The number of hydrogen-bond acceptors (Lipinski definition) is 6. The zero-order valence-electron chi connectivity index (χ0n) is 4.61. The summed E-state index contributed by atoms with van der Waals surface area (Å²) < 4.78 is 25.3. The molecule has 0 aromatic rings. The fourth-order valence-corrected chi connectivity index (χ4v) is 0. The van der Waals surface area contributed by atoms with E-state index in [0.717, 1.165) is 0 Å². The van der Waals surface area contributed by atoms with Gasteiger partial charge in [0.25, 0.3) is 0 Å². The molecular formula is CuNNaO6S. The van der Waals surface area contributed by atoms with E-state index in [4.69, 9.17) is 28.6 Å². The fraction of sp³-hybridized carbons (Fsp3) is 0. The van der Waals surface area contributed by atoms with Gasteiger partial charge in [-0.25, -0.2) is 0 Å². The van der Waals surface area contributed by atoms with Gasteiger partial charge < -0.3 is 24.4 Å². The van der Waals surface area contributed by atoms with E-state index in [-0.39, 0.29) is 46.6 Å². The molecule has 0 heterocycles. The van der Waals surface area contributed by atoms with Crippen molar-refractivity contribution in [2.75, 3.05) is 0 Å². The summed E-state index contributed by atoms with van der Waals surface area (Å²) in [6.07, 6.45) is 0. The Morgan fingerprint density at radius 3 is 1.20 bits per heavy atom. The maximum absolute atomic E-state index is 8.44. The maximum atomic E-state index is 8.44. The van der Waals surface area contributed by atoms with Crippen molar-refractivity contribution in [2.45, 2.75) is 0 Å². The molecule has 0 spiro atoms. The Morgan fingerprint density at radius 1 is 1.20 bits per heavy atom. The van der Waals surface area contributed by atoms with Crippen molar-refractivity contribution in [1.82, 2.24) is 0 Å². The van der Waals surface area contributed by atoms with Crippen LogP contribution in [-0.4, -0.2) is 18.4 Å². The first-order chi connectivity index (χ1) is 3.46. The Kier molecular flexibility index (Phi) is 36.8. The molecule has 10 heteroatoms. The third-order valence-electron chi connectivity index (χ3n) is 0. The molecule has 0 aliphatic carbocycles. The molecule has 0 N–H and O–H groups in total. The molecule has 0 saturated heterocycles. The van der Waals surface area contributed by atoms with Crippen molar-refractivity contribution < 1.29 is 65.0 Å². The third kappa shape index (κ3) is 856. The van der Waals surface area contributed by atoms with Crippen LogP contribution in [0.1, 0.15) is 0 Å². The van der Waals surface area contributed by atoms with Crippen LogP contribution in [-0.2, 0) is 28.4 Å². The van der Waals surface area contributed by atoms with Gasteiger partial charge in [0.2, 0.25) is 0 Å². The zero-order valence-corrected chi connectivity index (χ0v) is 8.36. The largest absolute Gasteiger partial charge is 2.00 e. The summed E-state index contributed by atoms with van der Waals surface area (Å²) in [7, 11) is 0. The molecule has 0 aromatic heterocycles. The molecule has 0 bridgehead atoms. The van der Waals surface area contributed by atoms with Crippen LogP contribution >= 0.6 is 0 Å². The number of rotatable bonds is 0. The summed E-state index contributed by atoms with van der Waals surface area (Å²) in [5.41, 5.74) is 0. The van der Waals surface area contributed by atoms with Crippen LogP contribution in [0, 0.1) is 15.3 Å². The predicted molar refractivity (Wildman–Crippen MR) is 20.1 cm³/mol. The second-order valence-electron chi connectivity index (χ2n) is 0.428. The second-order valence-corrected chi connectivity index (χ2v) is 0.836. The summed E-state index contributed by atoms with van der Waals surface area (Å²) in [6, 6.07) is 0. The Balaban J connectivity index is -0.0000000300. The van der Waals surface area contributed by atoms with E-state index in [1.165, 1.54) is 0 Å². The Hall–Kier alpha value is 0.789. The van der Waals surface area contributed by atoms with Gasteiger partial charge in [-0.05, 0) is 0 Å². The van der Waals surface area contributed by atoms with E-state index in [1.54, 1.807) is 0 Å².